The fraction of sp³-hybridized carbons (Fsp3) is 0.565. The molecule has 0 saturated heterocycles. The maximum Gasteiger partial charge on any atom is 0.332 e. The molecule has 4 N–H and O–H groups in total. The van der Waals surface area contributed by atoms with Gasteiger partial charge in [0.2, 0.25) is 0 Å². The van der Waals surface area contributed by atoms with Crippen LogP contribution in [0.15, 0.2) is 31.8 Å². The van der Waals surface area contributed by atoms with Crippen LogP contribution in [0.4, 0.5) is 0 Å². The van der Waals surface area contributed by atoms with E-state index in [9.17, 15) is 24.3 Å². The summed E-state index contributed by atoms with van der Waals surface area (Å²) in [5.74, 6) is 0. The Bertz CT molecular complexity index is 1570. The number of hydrogen-bond donors (Lipinski definition) is 4. The predicted octanol–water partition coefficient (Wildman–Crippen LogP) is -0.254. The summed E-state index contributed by atoms with van der Waals surface area (Å²) in [7, 11) is 0. The number of H-pyrrole nitrogens is 2. The number of nitrogens with zero attached hydrogens (tertiary/aromatic N) is 6. The van der Waals surface area contributed by atoms with Crippen molar-refractivity contribution in [2.75, 3.05) is 6.61 Å². The topological polar surface area (TPSA) is 186 Å². The quantitative estimate of drug-likeness (QED) is 0.221. The van der Waals surface area contributed by atoms with Gasteiger partial charge >= 0.3 is 11.4 Å². The standard InChI is InChI=1S/C12H18N4O3.C11H16N4O3/c1-3-4-5-15-10-9(13-7-14-10)11(18)16(12(15)19)6-8(2)17;1-2-4-14-9-8(12-7-13-9)10(17)15(11(14)18)5-3-6-16/h7-8,17H,3-6H2,1-2H3,(H,13,14);7,16H,2-6H2,1H3,(H,12,13). The highest BCUT2D eigenvalue weighted by Gasteiger charge is 2.16. The third-order valence-corrected chi connectivity index (χ3v) is 5.76. The molecule has 0 aliphatic carbocycles. The van der Waals surface area contributed by atoms with Gasteiger partial charge in [-0.15, -0.1) is 0 Å². The molecule has 14 heteroatoms. The van der Waals surface area contributed by atoms with Crippen molar-refractivity contribution < 1.29 is 10.2 Å². The van der Waals surface area contributed by atoms with E-state index in [1.54, 1.807) is 6.92 Å². The highest BCUT2D eigenvalue weighted by molar-refractivity contribution is 5.69. The summed E-state index contributed by atoms with van der Waals surface area (Å²) >= 11 is 0. The summed E-state index contributed by atoms with van der Waals surface area (Å²) in [5.41, 5.74) is -0.192. The number of rotatable bonds is 10. The van der Waals surface area contributed by atoms with Crippen LogP contribution in [0.2, 0.25) is 0 Å². The van der Waals surface area contributed by atoms with E-state index in [1.165, 1.54) is 21.8 Å². The zero-order valence-corrected chi connectivity index (χ0v) is 21.3. The minimum absolute atomic E-state index is 0.0151. The van der Waals surface area contributed by atoms with Crippen molar-refractivity contribution in [2.24, 2.45) is 0 Å². The van der Waals surface area contributed by atoms with Crippen LogP contribution in [-0.4, -0.2) is 61.1 Å². The average molecular weight is 519 g/mol. The smallest absolute Gasteiger partial charge is 0.332 e. The molecule has 4 heterocycles. The number of hydrogen-bond acceptors (Lipinski definition) is 8. The van der Waals surface area contributed by atoms with Crippen molar-refractivity contribution in [3.8, 4) is 0 Å². The van der Waals surface area contributed by atoms with Crippen LogP contribution in [0.1, 0.15) is 46.5 Å². The van der Waals surface area contributed by atoms with Crippen molar-refractivity contribution in [2.45, 2.75) is 78.7 Å². The Hall–Kier alpha value is -3.78. The number of nitrogens with one attached hydrogen (secondary N) is 2. The Morgan fingerprint density at radius 1 is 0.784 bits per heavy atom. The lowest BCUT2D eigenvalue weighted by molar-refractivity contribution is 0.169. The molecule has 4 aromatic rings. The second-order valence-corrected chi connectivity index (χ2v) is 8.72. The molecule has 1 unspecified atom stereocenters. The van der Waals surface area contributed by atoms with Gasteiger partial charge < -0.3 is 20.2 Å². The van der Waals surface area contributed by atoms with E-state index >= 15 is 0 Å². The largest absolute Gasteiger partial charge is 0.396 e. The van der Waals surface area contributed by atoms with Gasteiger partial charge in [0.1, 0.15) is 11.0 Å². The van der Waals surface area contributed by atoms with E-state index < -0.39 is 17.4 Å². The molecule has 0 saturated carbocycles. The highest BCUT2D eigenvalue weighted by atomic mass is 16.3. The van der Waals surface area contributed by atoms with Gasteiger partial charge in [-0.1, -0.05) is 20.3 Å². The van der Waals surface area contributed by atoms with Crippen LogP contribution in [0.3, 0.4) is 0 Å². The molecule has 37 heavy (non-hydrogen) atoms. The van der Waals surface area contributed by atoms with Gasteiger partial charge in [-0.05, 0) is 26.2 Å². The van der Waals surface area contributed by atoms with Gasteiger partial charge in [-0.25, -0.2) is 19.6 Å². The van der Waals surface area contributed by atoms with Crippen molar-refractivity contribution >= 4 is 22.3 Å². The van der Waals surface area contributed by atoms with E-state index in [0.29, 0.717) is 41.8 Å². The lowest BCUT2D eigenvalue weighted by Gasteiger charge is -2.11. The summed E-state index contributed by atoms with van der Waals surface area (Å²) in [6.07, 6.45) is 4.98. The SMILES string of the molecule is CCCCn1c(=O)n(CC(C)O)c(=O)c2[nH]cnc21.CCCn1c(=O)n(CCCO)c(=O)c2[nH]cnc21. The Balaban J connectivity index is 0.000000206. The van der Waals surface area contributed by atoms with E-state index in [4.69, 9.17) is 5.11 Å². The van der Waals surface area contributed by atoms with Gasteiger partial charge in [-0.3, -0.25) is 27.9 Å². The number of unbranched alkanes of at least 4 members (excludes halogenated alkanes) is 1. The van der Waals surface area contributed by atoms with Crippen LogP contribution in [0.25, 0.3) is 22.3 Å². The van der Waals surface area contributed by atoms with Crippen LogP contribution >= 0.6 is 0 Å². The maximum absolute atomic E-state index is 12.3. The molecule has 0 aliphatic rings. The summed E-state index contributed by atoms with van der Waals surface area (Å²) in [6.45, 7) is 6.69. The molecule has 0 amide bonds. The molecule has 0 radical (unpaired) electrons. The molecule has 0 spiro atoms. The molecule has 202 valence electrons. The van der Waals surface area contributed by atoms with Gasteiger partial charge in [0, 0.05) is 26.2 Å². The summed E-state index contributed by atoms with van der Waals surface area (Å²) in [4.78, 5) is 62.3. The number of aromatic amines is 2. The van der Waals surface area contributed by atoms with Crippen molar-refractivity contribution in [1.82, 2.24) is 38.2 Å². The van der Waals surface area contributed by atoms with E-state index in [0.717, 1.165) is 28.4 Å². The molecular formula is C23H34N8O6. The van der Waals surface area contributed by atoms with Crippen LogP contribution in [0.5, 0.6) is 0 Å². The van der Waals surface area contributed by atoms with Gasteiger partial charge in [0.05, 0.1) is 25.3 Å². The fourth-order valence-corrected chi connectivity index (χ4v) is 4.01. The number of aromatic nitrogens is 8. The minimum Gasteiger partial charge on any atom is -0.396 e. The molecule has 0 aromatic carbocycles. The molecule has 0 fully saturated rings. The van der Waals surface area contributed by atoms with Crippen molar-refractivity contribution in [1.29, 1.82) is 0 Å². The van der Waals surface area contributed by atoms with E-state index in [1.807, 2.05) is 13.8 Å². The monoisotopic (exact) mass is 518 g/mol. The molecule has 4 aromatic heterocycles. The van der Waals surface area contributed by atoms with E-state index in [2.05, 4.69) is 19.9 Å². The molecule has 14 nitrogen and oxygen atoms in total. The number of imidazole rings is 2. The average Bonchev–Trinajstić information content (AvgIpc) is 3.55. The predicted molar refractivity (Wildman–Crippen MR) is 138 cm³/mol. The Morgan fingerprint density at radius 3 is 1.81 bits per heavy atom. The van der Waals surface area contributed by atoms with Crippen molar-refractivity contribution in [3.63, 3.8) is 0 Å². The fourth-order valence-electron chi connectivity index (χ4n) is 4.01. The Kier molecular flexibility index (Phi) is 9.36. The van der Waals surface area contributed by atoms with Crippen LogP contribution in [-0.2, 0) is 26.2 Å². The molecular weight excluding hydrogens is 484 g/mol. The highest BCUT2D eigenvalue weighted by Crippen LogP contribution is 2.04. The number of aryl methyl sites for hydroxylation is 2. The molecule has 4 rings (SSSR count). The second kappa shape index (κ2) is 12.5. The first kappa shape index (κ1) is 27.8. The summed E-state index contributed by atoms with van der Waals surface area (Å²) < 4.78 is 5.18. The third kappa shape index (κ3) is 5.80. The lowest BCUT2D eigenvalue weighted by atomic mass is 10.3. The zero-order chi connectivity index (χ0) is 27.1. The van der Waals surface area contributed by atoms with Gasteiger partial charge in [0.25, 0.3) is 11.1 Å². The summed E-state index contributed by atoms with van der Waals surface area (Å²) in [5, 5.41) is 18.2. The van der Waals surface area contributed by atoms with Crippen LogP contribution in [0, 0.1) is 0 Å². The normalized spacial score (nSPS) is 12.1. The number of aliphatic hydroxyl groups is 2. The molecule has 1 atom stereocenters. The van der Waals surface area contributed by atoms with Gasteiger partial charge in [-0.2, -0.15) is 0 Å². The van der Waals surface area contributed by atoms with E-state index in [-0.39, 0.29) is 30.9 Å². The number of fused-ring (bicyclic) bond motifs is 2. The Labute approximate surface area is 210 Å². The number of aliphatic hydroxyl groups excluding tert-OH is 2. The zero-order valence-electron chi connectivity index (χ0n) is 21.3. The third-order valence-electron chi connectivity index (χ3n) is 5.76. The second-order valence-electron chi connectivity index (χ2n) is 8.72. The summed E-state index contributed by atoms with van der Waals surface area (Å²) in [6, 6.07) is 0. The first-order chi connectivity index (χ1) is 17.8. The minimum atomic E-state index is -0.759. The van der Waals surface area contributed by atoms with Crippen molar-refractivity contribution in [3.05, 3.63) is 54.3 Å². The Morgan fingerprint density at radius 2 is 1.30 bits per heavy atom. The lowest BCUT2D eigenvalue weighted by Crippen LogP contribution is -2.42. The molecule has 0 aliphatic heterocycles. The molecule has 0 bridgehead atoms. The first-order valence-electron chi connectivity index (χ1n) is 12.4. The maximum atomic E-state index is 12.3. The van der Waals surface area contributed by atoms with Crippen LogP contribution < -0.4 is 22.5 Å². The first-order valence-corrected chi connectivity index (χ1v) is 12.4. The van der Waals surface area contributed by atoms with Gasteiger partial charge in [0.15, 0.2) is 11.3 Å².